The van der Waals surface area contributed by atoms with Crippen LogP contribution in [0.5, 0.6) is 0 Å². The highest BCUT2D eigenvalue weighted by Gasteiger charge is 2.31. The maximum Gasteiger partial charge on any atom is 0.243 e. The Hall–Kier alpha value is -1.18. The molecule has 0 amide bonds. The van der Waals surface area contributed by atoms with Gasteiger partial charge in [-0.25, -0.2) is 8.42 Å². The van der Waals surface area contributed by atoms with Crippen molar-refractivity contribution in [2.24, 2.45) is 0 Å². The third-order valence-electron chi connectivity index (χ3n) is 2.25. The largest absolute Gasteiger partial charge is 0.399 e. The van der Waals surface area contributed by atoms with E-state index in [9.17, 15) is 8.42 Å². The van der Waals surface area contributed by atoms with Crippen LogP contribution in [-0.4, -0.2) is 13.4 Å². The molecule has 0 spiro atoms. The minimum atomic E-state index is -3.55. The Morgan fingerprint density at radius 3 is 2.53 bits per heavy atom. The van der Waals surface area contributed by atoms with E-state index in [4.69, 9.17) is 5.73 Å². The molecule has 92 valence electrons. The van der Waals surface area contributed by atoms with Gasteiger partial charge in [-0.05, 0) is 36.6 Å². The molecule has 4 N–H and O–H groups in total. The monoisotopic (exact) mass is 271 g/mol. The van der Waals surface area contributed by atoms with Crippen LogP contribution in [0.3, 0.4) is 0 Å². The second kappa shape index (κ2) is 4.25. The van der Waals surface area contributed by atoms with Gasteiger partial charge in [0.05, 0.1) is 4.90 Å². The number of nitrogens with one attached hydrogen (secondary N) is 2. The molecule has 0 saturated carbocycles. The van der Waals surface area contributed by atoms with Crippen LogP contribution in [0.15, 0.2) is 40.8 Å². The average molecular weight is 271 g/mol. The van der Waals surface area contributed by atoms with Crippen molar-refractivity contribution >= 4 is 27.5 Å². The maximum absolute atomic E-state index is 12.1. The Morgan fingerprint density at radius 1 is 1.35 bits per heavy atom. The molecule has 1 heterocycles. The average Bonchev–Trinajstić information content (AvgIpc) is 2.64. The van der Waals surface area contributed by atoms with Crippen molar-refractivity contribution in [2.75, 3.05) is 5.73 Å². The van der Waals surface area contributed by atoms with Gasteiger partial charge in [-0.2, -0.15) is 4.72 Å². The molecular weight excluding hydrogens is 258 g/mol. The lowest BCUT2D eigenvalue weighted by atomic mass is 10.3. The van der Waals surface area contributed by atoms with Crippen LogP contribution in [0.4, 0.5) is 5.69 Å². The first-order valence-corrected chi connectivity index (χ1v) is 7.28. The number of hydrogen-bond donors (Lipinski definition) is 3. The van der Waals surface area contributed by atoms with E-state index < -0.39 is 15.0 Å². The number of nitrogen functional groups attached to an aromatic ring is 1. The van der Waals surface area contributed by atoms with Gasteiger partial charge in [0.1, 0.15) is 0 Å². The lowest BCUT2D eigenvalue weighted by molar-refractivity contribution is 0.520. The van der Waals surface area contributed by atoms with Gasteiger partial charge < -0.3 is 11.1 Å². The Labute approximate surface area is 105 Å². The highest BCUT2D eigenvalue weighted by atomic mass is 32.2. The maximum atomic E-state index is 12.1. The van der Waals surface area contributed by atoms with E-state index >= 15 is 0 Å². The van der Waals surface area contributed by atoms with Crippen LogP contribution < -0.4 is 15.8 Å². The van der Waals surface area contributed by atoms with Crippen molar-refractivity contribution in [3.05, 3.63) is 35.9 Å². The zero-order valence-electron chi connectivity index (χ0n) is 9.17. The molecule has 5 nitrogen and oxygen atoms in total. The molecule has 0 fully saturated rings. The lowest BCUT2D eigenvalue weighted by Crippen LogP contribution is -2.49. The number of hydrogen-bond acceptors (Lipinski definition) is 5. The molecule has 0 aromatic heterocycles. The van der Waals surface area contributed by atoms with Gasteiger partial charge in [0.2, 0.25) is 10.0 Å². The predicted molar refractivity (Wildman–Crippen MR) is 69.4 cm³/mol. The van der Waals surface area contributed by atoms with Crippen LogP contribution >= 0.6 is 11.8 Å². The molecule has 1 aromatic carbocycles. The van der Waals surface area contributed by atoms with Crippen LogP contribution in [0.1, 0.15) is 6.92 Å². The normalized spacial score (nSPS) is 23.6. The van der Waals surface area contributed by atoms with Crippen molar-refractivity contribution in [1.82, 2.24) is 10.0 Å². The quantitative estimate of drug-likeness (QED) is 0.715. The molecule has 17 heavy (non-hydrogen) atoms. The van der Waals surface area contributed by atoms with Crippen molar-refractivity contribution in [3.63, 3.8) is 0 Å². The fourth-order valence-corrected chi connectivity index (χ4v) is 3.66. The summed E-state index contributed by atoms with van der Waals surface area (Å²) in [6, 6.07) is 6.08. The summed E-state index contributed by atoms with van der Waals surface area (Å²) in [5, 5.41) is 4.73. The van der Waals surface area contributed by atoms with Gasteiger partial charge in [-0.3, -0.25) is 0 Å². The highest BCUT2D eigenvalue weighted by molar-refractivity contribution is 8.04. The smallest absolute Gasteiger partial charge is 0.243 e. The van der Waals surface area contributed by atoms with Gasteiger partial charge >= 0.3 is 0 Å². The number of sulfonamides is 1. The number of benzene rings is 1. The van der Waals surface area contributed by atoms with Crippen LogP contribution in [0, 0.1) is 0 Å². The molecule has 0 bridgehead atoms. The summed E-state index contributed by atoms with van der Waals surface area (Å²) in [6.45, 7) is 1.76. The van der Waals surface area contributed by atoms with Gasteiger partial charge in [0.15, 0.2) is 4.99 Å². The van der Waals surface area contributed by atoms with Gasteiger partial charge in [0, 0.05) is 11.9 Å². The molecule has 1 unspecified atom stereocenters. The Balaban J connectivity index is 2.22. The van der Waals surface area contributed by atoms with E-state index in [0.717, 1.165) is 0 Å². The summed E-state index contributed by atoms with van der Waals surface area (Å²) in [5.41, 5.74) is 6.05. The number of thioether (sulfide) groups is 1. The van der Waals surface area contributed by atoms with E-state index in [0.29, 0.717) is 5.69 Å². The number of rotatable bonds is 3. The predicted octanol–water partition coefficient (Wildman–Crippen LogP) is 1.03. The summed E-state index contributed by atoms with van der Waals surface area (Å²) in [4.78, 5) is -0.539. The second-order valence-corrected chi connectivity index (χ2v) is 6.78. The summed E-state index contributed by atoms with van der Waals surface area (Å²) in [6.07, 6.45) is 1.70. The fraction of sp³-hybridized carbons (Fsp3) is 0.200. The van der Waals surface area contributed by atoms with Gasteiger partial charge in [-0.15, -0.1) is 0 Å². The first-order chi connectivity index (χ1) is 7.91. The Kier molecular flexibility index (Phi) is 3.07. The van der Waals surface area contributed by atoms with Crippen LogP contribution in [0.25, 0.3) is 0 Å². The van der Waals surface area contributed by atoms with Crippen LogP contribution in [0.2, 0.25) is 0 Å². The van der Waals surface area contributed by atoms with E-state index in [1.807, 2.05) is 0 Å². The molecule has 0 radical (unpaired) electrons. The molecule has 7 heteroatoms. The summed E-state index contributed by atoms with van der Waals surface area (Å²) >= 11 is 1.36. The molecular formula is C10H13N3O2S2. The van der Waals surface area contributed by atoms with Crippen LogP contribution in [-0.2, 0) is 10.0 Å². The summed E-state index contributed by atoms with van der Waals surface area (Å²) < 4.78 is 26.7. The zero-order valence-corrected chi connectivity index (χ0v) is 10.8. The van der Waals surface area contributed by atoms with Crippen molar-refractivity contribution in [1.29, 1.82) is 0 Å². The molecule has 1 atom stereocenters. The summed E-state index contributed by atoms with van der Waals surface area (Å²) in [7, 11) is -3.55. The zero-order chi connectivity index (χ0) is 12.5. The second-order valence-electron chi connectivity index (χ2n) is 3.77. The Bertz CT molecular complexity index is 529. The molecule has 0 saturated heterocycles. The topological polar surface area (TPSA) is 84.2 Å². The number of nitrogens with two attached hydrogens (primary N) is 1. The third-order valence-corrected chi connectivity index (χ3v) is 4.91. The number of anilines is 1. The van der Waals surface area contributed by atoms with Crippen molar-refractivity contribution in [3.8, 4) is 0 Å². The van der Waals surface area contributed by atoms with Crippen molar-refractivity contribution in [2.45, 2.75) is 16.8 Å². The molecule has 1 aliphatic rings. The SMILES string of the molecule is CC1(NS(=O)(=O)c2ccc(N)cc2)NC=CS1. The molecule has 0 aliphatic carbocycles. The molecule has 2 rings (SSSR count). The fourth-order valence-electron chi connectivity index (χ4n) is 1.41. The van der Waals surface area contributed by atoms with Gasteiger partial charge in [0.25, 0.3) is 0 Å². The molecule has 1 aromatic rings. The minimum Gasteiger partial charge on any atom is -0.399 e. The first kappa shape index (κ1) is 12.3. The highest BCUT2D eigenvalue weighted by Crippen LogP contribution is 2.27. The minimum absolute atomic E-state index is 0.197. The lowest BCUT2D eigenvalue weighted by Gasteiger charge is -2.25. The Morgan fingerprint density at radius 2 is 2.00 bits per heavy atom. The standard InChI is InChI=1S/C10H13N3O2S2/c1-10(12-6-7-16-10)13-17(14,15)9-4-2-8(11)3-5-9/h2-7,12-13H,11H2,1H3. The van der Waals surface area contributed by atoms with E-state index in [1.54, 1.807) is 30.7 Å². The van der Waals surface area contributed by atoms with E-state index in [-0.39, 0.29) is 4.90 Å². The molecule has 1 aliphatic heterocycles. The summed E-state index contributed by atoms with van der Waals surface area (Å²) in [5.74, 6) is 0. The van der Waals surface area contributed by atoms with E-state index in [1.165, 1.54) is 23.9 Å². The third kappa shape index (κ3) is 2.74. The first-order valence-electron chi connectivity index (χ1n) is 4.91. The van der Waals surface area contributed by atoms with Gasteiger partial charge in [-0.1, -0.05) is 11.8 Å². The van der Waals surface area contributed by atoms with Crippen molar-refractivity contribution < 1.29 is 8.42 Å². The van der Waals surface area contributed by atoms with E-state index in [2.05, 4.69) is 10.0 Å².